The number of amides is 1. The third-order valence-corrected chi connectivity index (χ3v) is 9.48. The molecule has 0 N–H and O–H groups in total. The molecular formula is C26H35ClN4O4S2. The van der Waals surface area contributed by atoms with Crippen LogP contribution in [-0.2, 0) is 14.8 Å². The topological polar surface area (TPSA) is 83.1 Å². The Morgan fingerprint density at radius 3 is 2.32 bits per heavy atom. The van der Waals surface area contributed by atoms with Crippen molar-refractivity contribution in [3.63, 3.8) is 0 Å². The van der Waals surface area contributed by atoms with Gasteiger partial charge in [-0.15, -0.1) is 12.4 Å². The predicted octanol–water partition coefficient (Wildman–Crippen LogP) is 4.34. The number of benzene rings is 2. The van der Waals surface area contributed by atoms with Gasteiger partial charge in [-0.2, -0.15) is 4.31 Å². The Bertz CT molecular complexity index is 1320. The molecule has 2 heterocycles. The summed E-state index contributed by atoms with van der Waals surface area (Å²) in [5.41, 5.74) is 3.59. The number of sulfonamides is 1. The molecule has 1 aliphatic rings. The molecule has 37 heavy (non-hydrogen) atoms. The molecule has 11 heteroatoms. The van der Waals surface area contributed by atoms with Gasteiger partial charge >= 0.3 is 0 Å². The second-order valence-electron chi connectivity index (χ2n) is 8.95. The van der Waals surface area contributed by atoms with E-state index >= 15 is 0 Å². The van der Waals surface area contributed by atoms with Crippen LogP contribution < -0.4 is 4.90 Å². The molecule has 1 aromatic heterocycles. The maximum absolute atomic E-state index is 13.7. The summed E-state index contributed by atoms with van der Waals surface area (Å²) in [5, 5.41) is 0.654. The van der Waals surface area contributed by atoms with Crippen LogP contribution in [0.3, 0.4) is 0 Å². The summed E-state index contributed by atoms with van der Waals surface area (Å²) in [6.07, 6.45) is 0. The van der Waals surface area contributed by atoms with E-state index in [2.05, 4.69) is 37.8 Å². The van der Waals surface area contributed by atoms with E-state index in [1.165, 1.54) is 27.8 Å². The number of thiazole rings is 1. The van der Waals surface area contributed by atoms with Crippen LogP contribution in [0.2, 0.25) is 0 Å². The summed E-state index contributed by atoms with van der Waals surface area (Å²) in [6.45, 7) is 12.7. The molecule has 2 aromatic carbocycles. The number of aromatic nitrogens is 1. The monoisotopic (exact) mass is 566 g/mol. The van der Waals surface area contributed by atoms with Gasteiger partial charge in [0.1, 0.15) is 0 Å². The first-order valence-corrected chi connectivity index (χ1v) is 14.6. The average molecular weight is 567 g/mol. The highest BCUT2D eigenvalue weighted by Crippen LogP contribution is 2.32. The van der Waals surface area contributed by atoms with Gasteiger partial charge in [0.15, 0.2) is 5.13 Å². The molecule has 0 saturated carbocycles. The Morgan fingerprint density at radius 1 is 1.05 bits per heavy atom. The van der Waals surface area contributed by atoms with Crippen molar-refractivity contribution in [1.29, 1.82) is 0 Å². The van der Waals surface area contributed by atoms with Crippen LogP contribution in [0, 0.1) is 13.8 Å². The minimum Gasteiger partial charge on any atom is -0.379 e. The lowest BCUT2D eigenvalue weighted by Gasteiger charge is -2.26. The van der Waals surface area contributed by atoms with Crippen LogP contribution in [0.25, 0.3) is 10.2 Å². The zero-order valence-corrected chi connectivity index (χ0v) is 24.2. The van der Waals surface area contributed by atoms with E-state index in [9.17, 15) is 13.2 Å². The molecule has 0 unspecified atom stereocenters. The normalized spacial score (nSPS) is 14.6. The molecule has 4 rings (SSSR count). The molecule has 0 bridgehead atoms. The summed E-state index contributed by atoms with van der Waals surface area (Å²) < 4.78 is 33.7. The van der Waals surface area contributed by atoms with Crippen LogP contribution in [0.5, 0.6) is 0 Å². The fourth-order valence-corrected chi connectivity index (χ4v) is 6.98. The highest BCUT2D eigenvalue weighted by atomic mass is 35.5. The third-order valence-electron chi connectivity index (χ3n) is 6.54. The van der Waals surface area contributed by atoms with Crippen molar-refractivity contribution in [3.8, 4) is 0 Å². The summed E-state index contributed by atoms with van der Waals surface area (Å²) in [6, 6.07) is 10.4. The number of hydrogen-bond donors (Lipinski definition) is 0. The number of ether oxygens (including phenoxy) is 1. The zero-order valence-electron chi connectivity index (χ0n) is 21.8. The molecule has 1 amide bonds. The van der Waals surface area contributed by atoms with E-state index in [0.29, 0.717) is 43.5 Å². The lowest BCUT2D eigenvalue weighted by atomic mass is 10.1. The minimum atomic E-state index is -3.62. The highest BCUT2D eigenvalue weighted by molar-refractivity contribution is 7.89. The van der Waals surface area contributed by atoms with Crippen LogP contribution in [0.15, 0.2) is 41.3 Å². The Balaban J connectivity index is 0.00000380. The second kappa shape index (κ2) is 12.6. The number of rotatable bonds is 9. The van der Waals surface area contributed by atoms with E-state index in [-0.39, 0.29) is 23.2 Å². The van der Waals surface area contributed by atoms with Crippen molar-refractivity contribution in [2.24, 2.45) is 0 Å². The molecule has 0 spiro atoms. The van der Waals surface area contributed by atoms with E-state index in [0.717, 1.165) is 41.0 Å². The first-order valence-electron chi connectivity index (χ1n) is 12.3. The van der Waals surface area contributed by atoms with E-state index in [1.807, 2.05) is 6.92 Å². The van der Waals surface area contributed by atoms with Crippen LogP contribution in [0.1, 0.15) is 35.3 Å². The van der Waals surface area contributed by atoms with Gasteiger partial charge in [0.25, 0.3) is 5.91 Å². The van der Waals surface area contributed by atoms with E-state index < -0.39 is 10.0 Å². The van der Waals surface area contributed by atoms with Gasteiger partial charge in [0, 0.05) is 31.7 Å². The third kappa shape index (κ3) is 6.50. The number of likely N-dealkylation sites (N-methyl/N-ethyl adjacent to an activating group) is 1. The Hall–Kier alpha value is -2.08. The molecule has 0 atom stereocenters. The number of nitrogens with zero attached hydrogens (tertiary/aromatic N) is 4. The fourth-order valence-electron chi connectivity index (χ4n) is 4.40. The van der Waals surface area contributed by atoms with Crippen LogP contribution in [-0.4, -0.2) is 81.0 Å². The summed E-state index contributed by atoms with van der Waals surface area (Å²) >= 11 is 1.51. The largest absolute Gasteiger partial charge is 0.379 e. The number of hydrogen-bond acceptors (Lipinski definition) is 7. The van der Waals surface area contributed by atoms with Gasteiger partial charge in [-0.25, -0.2) is 13.4 Å². The van der Waals surface area contributed by atoms with Crippen molar-refractivity contribution < 1.29 is 17.9 Å². The Labute approximate surface area is 229 Å². The SMILES string of the molecule is CCN(CC)CCN(C(=O)c1ccc(S(=O)(=O)N2CCOCC2)cc1)c1nc2c(C)cc(C)cc2s1.Cl. The van der Waals surface area contributed by atoms with Crippen molar-refractivity contribution in [2.45, 2.75) is 32.6 Å². The van der Waals surface area contributed by atoms with Crippen molar-refractivity contribution >= 4 is 55.0 Å². The molecule has 202 valence electrons. The van der Waals surface area contributed by atoms with Gasteiger partial charge in [-0.1, -0.05) is 31.3 Å². The number of halogens is 1. The Kier molecular flexibility index (Phi) is 10.1. The smallest absolute Gasteiger partial charge is 0.260 e. The molecule has 1 aliphatic heterocycles. The zero-order chi connectivity index (χ0) is 25.9. The molecule has 8 nitrogen and oxygen atoms in total. The number of carbonyl (C=O) groups is 1. The minimum absolute atomic E-state index is 0. The summed E-state index contributed by atoms with van der Waals surface area (Å²) in [4.78, 5) is 22.7. The number of anilines is 1. The first kappa shape index (κ1) is 29.5. The van der Waals surface area contributed by atoms with Gasteiger partial charge in [0.05, 0.1) is 28.3 Å². The second-order valence-corrected chi connectivity index (χ2v) is 11.9. The van der Waals surface area contributed by atoms with Crippen molar-refractivity contribution in [3.05, 3.63) is 53.1 Å². The molecule has 1 saturated heterocycles. The maximum atomic E-state index is 13.7. The lowest BCUT2D eigenvalue weighted by molar-refractivity contribution is 0.0730. The molecular weight excluding hydrogens is 532 g/mol. The molecule has 0 radical (unpaired) electrons. The highest BCUT2D eigenvalue weighted by Gasteiger charge is 2.27. The van der Waals surface area contributed by atoms with E-state index in [4.69, 9.17) is 9.72 Å². The van der Waals surface area contributed by atoms with Crippen molar-refractivity contribution in [1.82, 2.24) is 14.2 Å². The fraction of sp³-hybridized carbons (Fsp3) is 0.462. The molecule has 0 aliphatic carbocycles. The van der Waals surface area contributed by atoms with E-state index in [1.54, 1.807) is 17.0 Å². The lowest BCUT2D eigenvalue weighted by Crippen LogP contribution is -2.40. The van der Waals surface area contributed by atoms with Crippen LogP contribution >= 0.6 is 23.7 Å². The Morgan fingerprint density at radius 2 is 1.70 bits per heavy atom. The van der Waals surface area contributed by atoms with Crippen LogP contribution in [0.4, 0.5) is 5.13 Å². The number of fused-ring (bicyclic) bond motifs is 1. The number of morpholine rings is 1. The summed E-state index contributed by atoms with van der Waals surface area (Å²) in [5.74, 6) is -0.189. The first-order chi connectivity index (χ1) is 17.2. The van der Waals surface area contributed by atoms with Gasteiger partial charge in [-0.05, 0) is 68.4 Å². The number of carbonyl (C=O) groups excluding carboxylic acids is 1. The quantitative estimate of drug-likeness (QED) is 0.383. The molecule has 3 aromatic rings. The average Bonchev–Trinajstić information content (AvgIpc) is 3.31. The predicted molar refractivity (Wildman–Crippen MR) is 152 cm³/mol. The standard InChI is InChI=1S/C26H34N4O4S2.ClH/c1-5-28(6-2)11-12-30(26-27-24-20(4)17-19(3)18-23(24)35-26)25(31)21-7-9-22(10-8-21)36(32,33)29-13-15-34-16-14-29;/h7-10,17-18H,5-6,11-16H2,1-4H3;1H. The maximum Gasteiger partial charge on any atom is 0.260 e. The van der Waals surface area contributed by atoms with Gasteiger partial charge < -0.3 is 9.64 Å². The van der Waals surface area contributed by atoms with Gasteiger partial charge in [0.2, 0.25) is 10.0 Å². The summed E-state index contributed by atoms with van der Waals surface area (Å²) in [7, 11) is -3.62. The van der Waals surface area contributed by atoms with Gasteiger partial charge in [-0.3, -0.25) is 9.69 Å². The molecule has 1 fully saturated rings. The van der Waals surface area contributed by atoms with Crippen molar-refractivity contribution in [2.75, 3.05) is 57.4 Å². The number of aryl methyl sites for hydroxylation is 2.